The van der Waals surface area contributed by atoms with Crippen LogP contribution in [0.4, 0.5) is 0 Å². The predicted molar refractivity (Wildman–Crippen MR) is 238 cm³/mol. The Hall–Kier alpha value is -5.45. The number of nitrogens with zero attached hydrogens (tertiary/aromatic N) is 3. The van der Waals surface area contributed by atoms with Crippen molar-refractivity contribution >= 4 is 32.5 Å². The molecule has 285 valence electrons. The van der Waals surface area contributed by atoms with E-state index in [-0.39, 0.29) is 31.1 Å². The van der Waals surface area contributed by atoms with E-state index in [0.29, 0.717) is 5.92 Å². The number of rotatable bonds is 6. The first-order chi connectivity index (χ1) is 28.4. The maximum atomic E-state index is 7.23. The number of thiophene rings is 1. The number of hydrogen-bond acceptors (Lipinski definition) is 3. The zero-order chi connectivity index (χ0) is 41.3. The second-order valence-electron chi connectivity index (χ2n) is 15.4. The molecule has 0 unspecified atom stereocenters. The van der Waals surface area contributed by atoms with Crippen molar-refractivity contribution in [1.82, 2.24) is 14.5 Å². The van der Waals surface area contributed by atoms with Gasteiger partial charge < -0.3 is 9.55 Å². The molecule has 0 fully saturated rings. The molecule has 6 aromatic carbocycles. The Morgan fingerprint density at radius 2 is 1.40 bits per heavy atom. The van der Waals surface area contributed by atoms with Crippen LogP contribution in [0.1, 0.15) is 61.3 Å². The molecule has 5 heteroatoms. The summed E-state index contributed by atoms with van der Waals surface area (Å²) in [5.41, 5.74) is 13.5. The molecule has 3 nitrogen and oxygen atoms in total. The van der Waals surface area contributed by atoms with Gasteiger partial charge in [-0.2, -0.15) is 0 Å². The van der Waals surface area contributed by atoms with Crippen LogP contribution in [0.25, 0.3) is 71.7 Å². The van der Waals surface area contributed by atoms with Crippen LogP contribution in [0.5, 0.6) is 0 Å². The monoisotopic (exact) mass is 939 g/mol. The predicted octanol–water partition coefficient (Wildman–Crippen LogP) is 14.3. The maximum Gasteiger partial charge on any atom is 0.0774 e. The third-order valence-electron chi connectivity index (χ3n) is 10.1. The van der Waals surface area contributed by atoms with Crippen molar-refractivity contribution in [3.8, 4) is 50.6 Å². The van der Waals surface area contributed by atoms with Gasteiger partial charge in [0.15, 0.2) is 0 Å². The molecule has 0 spiro atoms. The number of benzene rings is 6. The second-order valence-corrected chi connectivity index (χ2v) is 16.2. The minimum atomic E-state index is -2.09. The van der Waals surface area contributed by atoms with Gasteiger partial charge in [-0.3, -0.25) is 16.3 Å². The zero-order valence-electron chi connectivity index (χ0n) is 35.7. The van der Waals surface area contributed by atoms with Crippen LogP contribution in [0.15, 0.2) is 158 Å². The standard InChI is InChI=1S/C40H35N2S.C12H10N.Ir/c1-26(2)29-20-21-31-34(25-43-37(31)22-29)39-41-35-18-12-13-19-36(35)42(39)38-32(27-14-8-6-9-15-27)23-30(40(3,4)5)24-33(38)28-16-10-7-11-17-28;1-10-7-8-12(13-9-10)11-5-3-2-4-6-11;/h6-24,26H,1-5H3;2-5,7-9H,1H3;/q2*-1;/i;1D3;. The minimum absolute atomic E-state index is 0. The molecule has 9 rings (SSSR count). The molecule has 0 bridgehead atoms. The van der Waals surface area contributed by atoms with Gasteiger partial charge in [0.05, 0.1) is 22.5 Å². The Labute approximate surface area is 358 Å². The van der Waals surface area contributed by atoms with E-state index in [1.807, 2.05) is 18.2 Å². The SMILES string of the molecule is CC(C)c1ccc2c(-c3nc4ccccc4n3-c3c(-c4ccccc4)cc(C(C)(C)C)cc3-c3ccccc3)[c-]sc2c1.[2H]C([2H])([2H])c1ccc(-c2[c-]cccc2)nc1.[Ir]. The summed E-state index contributed by atoms with van der Waals surface area (Å²) < 4.78 is 25.3. The van der Waals surface area contributed by atoms with Crippen molar-refractivity contribution < 1.29 is 24.2 Å². The van der Waals surface area contributed by atoms with Gasteiger partial charge in [0.25, 0.3) is 0 Å². The molecule has 0 amide bonds. The van der Waals surface area contributed by atoms with Gasteiger partial charge >= 0.3 is 0 Å². The minimum Gasteiger partial charge on any atom is -0.332 e. The third kappa shape index (κ3) is 8.34. The average Bonchev–Trinajstić information content (AvgIpc) is 3.85. The van der Waals surface area contributed by atoms with Gasteiger partial charge in [-0.15, -0.1) is 47.3 Å². The molecule has 0 aliphatic rings. The van der Waals surface area contributed by atoms with Crippen LogP contribution < -0.4 is 0 Å². The van der Waals surface area contributed by atoms with Crippen LogP contribution in [-0.4, -0.2) is 14.5 Å². The van der Waals surface area contributed by atoms with Crippen molar-refractivity contribution in [3.63, 3.8) is 0 Å². The van der Waals surface area contributed by atoms with Crippen molar-refractivity contribution in [1.29, 1.82) is 0 Å². The van der Waals surface area contributed by atoms with Gasteiger partial charge in [-0.1, -0.05) is 153 Å². The Bertz CT molecular complexity index is 2800. The maximum absolute atomic E-state index is 7.23. The number of imidazole rings is 1. The fraction of sp³-hybridized carbons (Fsp3) is 0.154. The normalized spacial score (nSPS) is 12.4. The molecule has 9 aromatic rings. The number of pyridine rings is 1. The summed E-state index contributed by atoms with van der Waals surface area (Å²) >= 11 is 1.68. The fourth-order valence-corrected chi connectivity index (χ4v) is 7.91. The summed E-state index contributed by atoms with van der Waals surface area (Å²) in [6.07, 6.45) is 1.39. The molecular weight excluding hydrogens is 891 g/mol. The molecule has 1 radical (unpaired) electrons. The second kappa shape index (κ2) is 17.0. The Balaban J connectivity index is 0.000000270. The van der Waals surface area contributed by atoms with Crippen molar-refractivity contribution in [2.45, 2.75) is 52.8 Å². The number of para-hydroxylation sites is 2. The number of hydrogen-bond donors (Lipinski definition) is 0. The number of aryl methyl sites for hydroxylation is 1. The van der Waals surface area contributed by atoms with Crippen molar-refractivity contribution in [2.75, 3.05) is 0 Å². The summed E-state index contributed by atoms with van der Waals surface area (Å²) in [6, 6.07) is 55.5. The molecule has 57 heavy (non-hydrogen) atoms. The van der Waals surface area contributed by atoms with Crippen LogP contribution in [0.2, 0.25) is 0 Å². The molecule has 0 aliphatic carbocycles. The van der Waals surface area contributed by atoms with E-state index in [1.165, 1.54) is 49.7 Å². The molecule has 0 atom stereocenters. The van der Waals surface area contributed by atoms with E-state index >= 15 is 0 Å². The summed E-state index contributed by atoms with van der Waals surface area (Å²) in [5.74, 6) is 1.39. The first-order valence-electron chi connectivity index (χ1n) is 20.5. The molecule has 3 heterocycles. The van der Waals surface area contributed by atoms with Crippen LogP contribution in [0.3, 0.4) is 0 Å². The van der Waals surface area contributed by atoms with E-state index in [4.69, 9.17) is 9.10 Å². The Kier molecular flexibility index (Phi) is 10.7. The third-order valence-corrected chi connectivity index (χ3v) is 11.0. The van der Waals surface area contributed by atoms with Gasteiger partial charge in [0.1, 0.15) is 0 Å². The van der Waals surface area contributed by atoms with Crippen molar-refractivity contribution in [2.24, 2.45) is 0 Å². The molecular formula is C52H45IrN3S-2. The van der Waals surface area contributed by atoms with Crippen LogP contribution in [0, 0.1) is 18.3 Å². The Morgan fingerprint density at radius 1 is 0.737 bits per heavy atom. The van der Waals surface area contributed by atoms with Crippen LogP contribution >= 0.6 is 11.3 Å². The van der Waals surface area contributed by atoms with Gasteiger partial charge in [0, 0.05) is 41.5 Å². The largest absolute Gasteiger partial charge is 0.332 e. The summed E-state index contributed by atoms with van der Waals surface area (Å²) in [6.45, 7) is 9.28. The fourth-order valence-electron chi connectivity index (χ4n) is 7.03. The zero-order valence-corrected chi connectivity index (χ0v) is 35.9. The topological polar surface area (TPSA) is 30.7 Å². The Morgan fingerprint density at radius 3 is 2.00 bits per heavy atom. The van der Waals surface area contributed by atoms with Gasteiger partial charge in [-0.25, -0.2) is 0 Å². The number of aromatic nitrogens is 3. The van der Waals surface area contributed by atoms with E-state index in [9.17, 15) is 0 Å². The van der Waals surface area contributed by atoms with E-state index in [1.54, 1.807) is 29.5 Å². The average molecular weight is 939 g/mol. The smallest absolute Gasteiger partial charge is 0.0774 e. The quantitative estimate of drug-likeness (QED) is 0.156. The van der Waals surface area contributed by atoms with Crippen LogP contribution in [-0.2, 0) is 25.5 Å². The first kappa shape index (κ1) is 35.9. The molecule has 3 aromatic heterocycles. The molecule has 0 N–H and O–H groups in total. The van der Waals surface area contributed by atoms with Crippen molar-refractivity contribution in [3.05, 3.63) is 186 Å². The summed E-state index contributed by atoms with van der Waals surface area (Å²) in [5, 5.41) is 4.87. The molecule has 0 saturated carbocycles. The van der Waals surface area contributed by atoms with E-state index < -0.39 is 6.85 Å². The van der Waals surface area contributed by atoms with Gasteiger partial charge in [0.2, 0.25) is 0 Å². The van der Waals surface area contributed by atoms with E-state index in [0.717, 1.165) is 39.4 Å². The summed E-state index contributed by atoms with van der Waals surface area (Å²) in [7, 11) is 0. The number of fused-ring (bicyclic) bond motifs is 2. The molecule has 0 aliphatic heterocycles. The summed E-state index contributed by atoms with van der Waals surface area (Å²) in [4.78, 5) is 9.44. The molecule has 0 saturated heterocycles. The van der Waals surface area contributed by atoms with E-state index in [2.05, 4.69) is 171 Å². The first-order valence-corrected chi connectivity index (χ1v) is 19.8. The van der Waals surface area contributed by atoms with Gasteiger partial charge in [-0.05, 0) is 70.4 Å².